The van der Waals surface area contributed by atoms with Gasteiger partial charge >= 0.3 is 0 Å². The van der Waals surface area contributed by atoms with Gasteiger partial charge in [-0.15, -0.1) is 0 Å². The van der Waals surface area contributed by atoms with E-state index >= 15 is 0 Å². The standard InChI is InChI=1S/C14H10BrF4N/c1-7(8-2-3-11(16)10(15)4-8)20-9-5-12(17)14(19)13(18)6-9/h2-7,20H,1H3. The van der Waals surface area contributed by atoms with Crippen molar-refractivity contribution >= 4 is 21.6 Å². The highest BCUT2D eigenvalue weighted by Gasteiger charge is 2.13. The van der Waals surface area contributed by atoms with Gasteiger partial charge in [-0.25, -0.2) is 17.6 Å². The minimum absolute atomic E-state index is 0.106. The molecule has 0 aromatic heterocycles. The zero-order valence-electron chi connectivity index (χ0n) is 10.4. The maximum Gasteiger partial charge on any atom is 0.194 e. The molecule has 0 saturated heterocycles. The summed E-state index contributed by atoms with van der Waals surface area (Å²) in [6.07, 6.45) is 0. The Morgan fingerprint density at radius 1 is 0.950 bits per heavy atom. The molecule has 2 aromatic carbocycles. The SMILES string of the molecule is CC(Nc1cc(F)c(F)c(F)c1)c1ccc(F)c(Br)c1. The van der Waals surface area contributed by atoms with Gasteiger partial charge in [0.1, 0.15) is 5.82 Å². The molecule has 0 saturated carbocycles. The minimum atomic E-state index is -1.51. The summed E-state index contributed by atoms with van der Waals surface area (Å²) in [5, 5.41) is 2.82. The lowest BCUT2D eigenvalue weighted by Crippen LogP contribution is -2.08. The van der Waals surface area contributed by atoms with E-state index in [1.807, 2.05) is 0 Å². The summed E-state index contributed by atoms with van der Waals surface area (Å²) in [6, 6.07) is 5.79. The molecule has 2 aromatic rings. The van der Waals surface area contributed by atoms with Crippen molar-refractivity contribution in [2.24, 2.45) is 0 Å². The Kier molecular flexibility index (Phi) is 4.32. The average Bonchev–Trinajstić information content (AvgIpc) is 2.39. The zero-order chi connectivity index (χ0) is 14.9. The van der Waals surface area contributed by atoms with Crippen LogP contribution in [0.3, 0.4) is 0 Å². The van der Waals surface area contributed by atoms with Crippen molar-refractivity contribution in [3.05, 3.63) is 63.6 Å². The second-order valence-corrected chi connectivity index (χ2v) is 5.15. The second kappa shape index (κ2) is 5.83. The Labute approximate surface area is 121 Å². The van der Waals surface area contributed by atoms with E-state index in [-0.39, 0.29) is 11.7 Å². The van der Waals surface area contributed by atoms with Gasteiger partial charge in [-0.05, 0) is 40.5 Å². The van der Waals surface area contributed by atoms with Crippen LogP contribution < -0.4 is 5.32 Å². The number of halogens is 5. The van der Waals surface area contributed by atoms with Crippen LogP contribution >= 0.6 is 15.9 Å². The quantitative estimate of drug-likeness (QED) is 0.595. The molecule has 6 heteroatoms. The van der Waals surface area contributed by atoms with Gasteiger partial charge in [0.15, 0.2) is 17.5 Å². The lowest BCUT2D eigenvalue weighted by molar-refractivity contribution is 0.447. The Hall–Kier alpha value is -1.56. The normalized spacial score (nSPS) is 12.3. The second-order valence-electron chi connectivity index (χ2n) is 4.29. The predicted octanol–water partition coefficient (Wildman–Crippen LogP) is 5.18. The molecule has 1 nitrogen and oxygen atoms in total. The van der Waals surface area contributed by atoms with Gasteiger partial charge in [0.25, 0.3) is 0 Å². The molecule has 106 valence electrons. The molecule has 0 amide bonds. The van der Waals surface area contributed by atoms with E-state index in [1.54, 1.807) is 19.1 Å². The van der Waals surface area contributed by atoms with E-state index in [1.165, 1.54) is 6.07 Å². The molecule has 0 aliphatic carbocycles. The van der Waals surface area contributed by atoms with Gasteiger partial charge in [-0.3, -0.25) is 0 Å². The minimum Gasteiger partial charge on any atom is -0.378 e. The van der Waals surface area contributed by atoms with E-state index in [9.17, 15) is 17.6 Å². The molecule has 20 heavy (non-hydrogen) atoms. The third-order valence-corrected chi connectivity index (χ3v) is 3.42. The molecule has 0 fully saturated rings. The maximum atomic E-state index is 13.1. The van der Waals surface area contributed by atoms with E-state index in [2.05, 4.69) is 21.2 Å². The third kappa shape index (κ3) is 3.12. The Morgan fingerprint density at radius 3 is 2.10 bits per heavy atom. The first-order valence-electron chi connectivity index (χ1n) is 5.74. The van der Waals surface area contributed by atoms with Crippen molar-refractivity contribution < 1.29 is 17.6 Å². The summed E-state index contributed by atoms with van der Waals surface area (Å²) >= 11 is 3.06. The fourth-order valence-corrected chi connectivity index (χ4v) is 2.15. The summed E-state index contributed by atoms with van der Waals surface area (Å²) < 4.78 is 52.5. The Balaban J connectivity index is 2.23. The van der Waals surface area contributed by atoms with Gasteiger partial charge in [0.2, 0.25) is 0 Å². The lowest BCUT2D eigenvalue weighted by Gasteiger charge is -2.16. The van der Waals surface area contributed by atoms with Crippen LogP contribution in [0.15, 0.2) is 34.8 Å². The van der Waals surface area contributed by atoms with E-state index in [0.717, 1.165) is 12.1 Å². The topological polar surface area (TPSA) is 12.0 Å². The number of benzene rings is 2. The highest BCUT2D eigenvalue weighted by molar-refractivity contribution is 9.10. The van der Waals surface area contributed by atoms with Gasteiger partial charge in [-0.2, -0.15) is 0 Å². The fourth-order valence-electron chi connectivity index (χ4n) is 1.75. The first kappa shape index (κ1) is 14.8. The summed E-state index contributed by atoms with van der Waals surface area (Å²) in [6.45, 7) is 1.73. The van der Waals surface area contributed by atoms with Gasteiger partial charge < -0.3 is 5.32 Å². The molecule has 1 atom stereocenters. The maximum absolute atomic E-state index is 13.1. The smallest absolute Gasteiger partial charge is 0.194 e. The first-order chi connectivity index (χ1) is 9.38. The van der Waals surface area contributed by atoms with Crippen LogP contribution in [-0.2, 0) is 0 Å². The van der Waals surface area contributed by atoms with Gasteiger partial charge in [0.05, 0.1) is 4.47 Å². The molecular formula is C14H10BrF4N. The molecule has 0 bridgehead atoms. The predicted molar refractivity (Wildman–Crippen MR) is 72.5 cm³/mol. The Bertz CT molecular complexity index is 622. The number of anilines is 1. The number of rotatable bonds is 3. The van der Waals surface area contributed by atoms with Crippen molar-refractivity contribution in [1.82, 2.24) is 0 Å². The molecule has 0 aliphatic heterocycles. The van der Waals surface area contributed by atoms with Crippen molar-refractivity contribution in [3.63, 3.8) is 0 Å². The largest absolute Gasteiger partial charge is 0.378 e. The van der Waals surface area contributed by atoms with E-state index < -0.39 is 23.3 Å². The van der Waals surface area contributed by atoms with Crippen molar-refractivity contribution in [1.29, 1.82) is 0 Å². The van der Waals surface area contributed by atoms with Crippen LogP contribution in [0.25, 0.3) is 0 Å². The highest BCUT2D eigenvalue weighted by atomic mass is 79.9. The summed E-state index contributed by atoms with van der Waals surface area (Å²) in [4.78, 5) is 0. The van der Waals surface area contributed by atoms with Crippen molar-refractivity contribution in [2.75, 3.05) is 5.32 Å². The molecule has 1 N–H and O–H groups in total. The highest BCUT2D eigenvalue weighted by Crippen LogP contribution is 2.25. The van der Waals surface area contributed by atoms with E-state index in [0.29, 0.717) is 10.0 Å². The van der Waals surface area contributed by atoms with Crippen LogP contribution in [0.4, 0.5) is 23.2 Å². The van der Waals surface area contributed by atoms with Crippen molar-refractivity contribution in [2.45, 2.75) is 13.0 Å². The van der Waals surface area contributed by atoms with Crippen LogP contribution in [0, 0.1) is 23.3 Å². The van der Waals surface area contributed by atoms with Crippen LogP contribution in [-0.4, -0.2) is 0 Å². The monoisotopic (exact) mass is 347 g/mol. The molecular weight excluding hydrogens is 338 g/mol. The molecule has 2 rings (SSSR count). The summed E-state index contributed by atoms with van der Waals surface area (Å²) in [7, 11) is 0. The molecule has 0 heterocycles. The number of hydrogen-bond donors (Lipinski definition) is 1. The van der Waals surface area contributed by atoms with E-state index in [4.69, 9.17) is 0 Å². The van der Waals surface area contributed by atoms with Crippen molar-refractivity contribution in [3.8, 4) is 0 Å². The van der Waals surface area contributed by atoms with Gasteiger partial charge in [0, 0.05) is 23.9 Å². The van der Waals surface area contributed by atoms with Crippen LogP contribution in [0.5, 0.6) is 0 Å². The molecule has 0 aliphatic rings. The van der Waals surface area contributed by atoms with Crippen LogP contribution in [0.2, 0.25) is 0 Å². The molecule has 0 spiro atoms. The van der Waals surface area contributed by atoms with Crippen LogP contribution in [0.1, 0.15) is 18.5 Å². The molecule has 0 radical (unpaired) electrons. The van der Waals surface area contributed by atoms with Gasteiger partial charge in [-0.1, -0.05) is 6.07 Å². The first-order valence-corrected chi connectivity index (χ1v) is 6.54. The zero-order valence-corrected chi connectivity index (χ0v) is 11.9. The Morgan fingerprint density at radius 2 is 1.55 bits per heavy atom. The summed E-state index contributed by atoms with van der Waals surface area (Å²) in [5.41, 5.74) is 0.817. The summed E-state index contributed by atoms with van der Waals surface area (Å²) in [5.74, 6) is -4.44. The lowest BCUT2D eigenvalue weighted by atomic mass is 10.1. The third-order valence-electron chi connectivity index (χ3n) is 2.81. The molecule has 1 unspecified atom stereocenters. The number of nitrogens with one attached hydrogen (secondary N) is 1. The average molecular weight is 348 g/mol. The number of hydrogen-bond acceptors (Lipinski definition) is 1. The fraction of sp³-hybridized carbons (Fsp3) is 0.143.